The number of ether oxygens (including phenoxy) is 1. The van der Waals surface area contributed by atoms with Gasteiger partial charge < -0.3 is 4.74 Å². The van der Waals surface area contributed by atoms with Gasteiger partial charge in [-0.3, -0.25) is 4.79 Å². The topological polar surface area (TPSA) is 26.3 Å². The predicted octanol–water partition coefficient (Wildman–Crippen LogP) is 3.12. The molecule has 0 amide bonds. The van der Waals surface area contributed by atoms with Crippen molar-refractivity contribution in [3.05, 3.63) is 11.6 Å². The normalized spacial score (nSPS) is 19.6. The van der Waals surface area contributed by atoms with Gasteiger partial charge in [0.25, 0.3) is 0 Å². The highest BCUT2D eigenvalue weighted by Gasteiger charge is 2.24. The smallest absolute Gasteiger partial charge is 0.187 e. The lowest BCUT2D eigenvalue weighted by Gasteiger charge is -2.19. The zero-order valence-electron chi connectivity index (χ0n) is 10.1. The summed E-state index contributed by atoms with van der Waals surface area (Å²) in [6.45, 7) is 4.06. The fourth-order valence-electron chi connectivity index (χ4n) is 2.10. The maximum atomic E-state index is 12.1. The number of carbonyl (C=O) groups is 1. The molecule has 1 atom stereocenters. The quantitative estimate of drug-likeness (QED) is 0.712. The van der Waals surface area contributed by atoms with Gasteiger partial charge in [0.1, 0.15) is 6.10 Å². The molecular formula is C13H22O2. The van der Waals surface area contributed by atoms with Gasteiger partial charge in [0.15, 0.2) is 5.78 Å². The summed E-state index contributed by atoms with van der Waals surface area (Å²) >= 11 is 0. The van der Waals surface area contributed by atoms with Crippen LogP contribution in [0.5, 0.6) is 0 Å². The Balaban J connectivity index is 2.68. The minimum atomic E-state index is -0.255. The van der Waals surface area contributed by atoms with Crippen LogP contribution in [-0.2, 0) is 9.53 Å². The van der Waals surface area contributed by atoms with Crippen LogP contribution in [-0.4, -0.2) is 19.0 Å². The summed E-state index contributed by atoms with van der Waals surface area (Å²) in [7, 11) is 1.62. The molecule has 0 radical (unpaired) electrons. The number of allylic oxidation sites excluding steroid dienone is 1. The summed E-state index contributed by atoms with van der Waals surface area (Å²) < 4.78 is 5.28. The first kappa shape index (κ1) is 12.4. The molecule has 0 fully saturated rings. The van der Waals surface area contributed by atoms with E-state index in [9.17, 15) is 4.79 Å². The fourth-order valence-corrected chi connectivity index (χ4v) is 2.10. The molecule has 0 saturated heterocycles. The largest absolute Gasteiger partial charge is 0.373 e. The van der Waals surface area contributed by atoms with Crippen molar-refractivity contribution in [1.82, 2.24) is 0 Å². The van der Waals surface area contributed by atoms with Crippen LogP contribution in [0, 0.1) is 5.92 Å². The average molecular weight is 210 g/mol. The van der Waals surface area contributed by atoms with Crippen LogP contribution in [0.25, 0.3) is 0 Å². The highest BCUT2D eigenvalue weighted by atomic mass is 16.5. The van der Waals surface area contributed by atoms with E-state index < -0.39 is 0 Å². The predicted molar refractivity (Wildman–Crippen MR) is 61.8 cm³/mol. The molecule has 0 aliphatic heterocycles. The summed E-state index contributed by atoms with van der Waals surface area (Å²) in [4.78, 5) is 12.1. The van der Waals surface area contributed by atoms with Gasteiger partial charge in [-0.2, -0.15) is 0 Å². The van der Waals surface area contributed by atoms with Crippen LogP contribution >= 0.6 is 0 Å². The van der Waals surface area contributed by atoms with Gasteiger partial charge in [-0.1, -0.05) is 26.3 Å². The number of methoxy groups -OCH3 is 1. The van der Waals surface area contributed by atoms with Crippen molar-refractivity contribution in [1.29, 1.82) is 0 Å². The molecule has 86 valence electrons. The van der Waals surface area contributed by atoms with E-state index in [0.29, 0.717) is 0 Å². The molecule has 1 rings (SSSR count). The minimum Gasteiger partial charge on any atom is -0.373 e. The monoisotopic (exact) mass is 210 g/mol. The van der Waals surface area contributed by atoms with Crippen molar-refractivity contribution in [2.75, 3.05) is 7.11 Å². The third kappa shape index (κ3) is 3.45. The highest BCUT2D eigenvalue weighted by Crippen LogP contribution is 2.21. The summed E-state index contributed by atoms with van der Waals surface area (Å²) in [6.07, 6.45) is 7.45. The van der Waals surface area contributed by atoms with E-state index >= 15 is 0 Å². The Labute approximate surface area is 92.7 Å². The molecule has 0 saturated carbocycles. The Morgan fingerprint density at radius 3 is 2.67 bits per heavy atom. The van der Waals surface area contributed by atoms with Crippen LogP contribution in [0.3, 0.4) is 0 Å². The number of hydrogen-bond donors (Lipinski definition) is 0. The fraction of sp³-hybridized carbons (Fsp3) is 0.769. The molecule has 0 aromatic heterocycles. The molecule has 2 heteroatoms. The highest BCUT2D eigenvalue weighted by molar-refractivity contribution is 5.98. The molecule has 1 aliphatic carbocycles. The Kier molecular flexibility index (Phi) is 5.03. The number of rotatable bonds is 4. The van der Waals surface area contributed by atoms with Crippen molar-refractivity contribution < 1.29 is 9.53 Å². The number of carbonyl (C=O) groups excluding carboxylic acids is 1. The van der Waals surface area contributed by atoms with E-state index in [0.717, 1.165) is 24.8 Å². The van der Waals surface area contributed by atoms with Crippen LogP contribution in [0.15, 0.2) is 11.6 Å². The van der Waals surface area contributed by atoms with Crippen molar-refractivity contribution >= 4 is 5.78 Å². The van der Waals surface area contributed by atoms with Crippen LogP contribution in [0.4, 0.5) is 0 Å². The molecule has 0 aromatic carbocycles. The first-order valence-electron chi connectivity index (χ1n) is 5.93. The number of hydrogen-bond acceptors (Lipinski definition) is 2. The van der Waals surface area contributed by atoms with Crippen molar-refractivity contribution in [2.45, 2.75) is 52.1 Å². The Morgan fingerprint density at radius 2 is 2.07 bits per heavy atom. The van der Waals surface area contributed by atoms with Gasteiger partial charge in [0, 0.05) is 7.11 Å². The summed E-state index contributed by atoms with van der Waals surface area (Å²) in [6, 6.07) is 0. The first-order chi connectivity index (χ1) is 7.16. The van der Waals surface area contributed by atoms with Crippen molar-refractivity contribution in [3.8, 4) is 0 Å². The molecule has 0 spiro atoms. The molecule has 1 aliphatic rings. The molecule has 0 aromatic rings. The summed E-state index contributed by atoms with van der Waals surface area (Å²) in [5.41, 5.74) is 0.994. The van der Waals surface area contributed by atoms with Gasteiger partial charge in [-0.05, 0) is 37.2 Å². The van der Waals surface area contributed by atoms with E-state index in [4.69, 9.17) is 4.74 Å². The van der Waals surface area contributed by atoms with Gasteiger partial charge in [0.2, 0.25) is 0 Å². The molecule has 0 N–H and O–H groups in total. The van der Waals surface area contributed by atoms with Crippen LogP contribution in [0.2, 0.25) is 0 Å². The molecule has 1 unspecified atom stereocenters. The molecule has 15 heavy (non-hydrogen) atoms. The van der Waals surface area contributed by atoms with Crippen LogP contribution < -0.4 is 0 Å². The van der Waals surface area contributed by atoms with Crippen molar-refractivity contribution in [3.63, 3.8) is 0 Å². The van der Waals surface area contributed by atoms with Gasteiger partial charge >= 0.3 is 0 Å². The second-order valence-electron chi connectivity index (χ2n) is 4.59. The van der Waals surface area contributed by atoms with Gasteiger partial charge in [-0.15, -0.1) is 0 Å². The summed E-state index contributed by atoms with van der Waals surface area (Å²) in [5.74, 6) is 0.459. The second kappa shape index (κ2) is 6.06. The molecule has 2 nitrogen and oxygen atoms in total. The van der Waals surface area contributed by atoms with E-state index in [1.165, 1.54) is 12.8 Å². The van der Waals surface area contributed by atoms with E-state index in [1.807, 2.05) is 13.8 Å². The Bertz CT molecular complexity index is 241. The lowest BCUT2D eigenvalue weighted by molar-refractivity contribution is -0.127. The number of Topliss-reactive ketones (excluding diaryl/α,β-unsaturated/α-hetero) is 1. The SMILES string of the molecule is COC(C(=O)C1=CCCCCC1)C(C)C. The standard InChI is InChI=1S/C13H22O2/c1-10(2)13(15-3)12(14)11-8-6-4-5-7-9-11/h8,10,13H,4-7,9H2,1-3H3. The molecule has 0 bridgehead atoms. The maximum absolute atomic E-state index is 12.1. The van der Waals surface area contributed by atoms with E-state index in [2.05, 4.69) is 6.08 Å². The maximum Gasteiger partial charge on any atom is 0.187 e. The Hall–Kier alpha value is -0.630. The first-order valence-corrected chi connectivity index (χ1v) is 5.93. The lowest BCUT2D eigenvalue weighted by atomic mass is 9.95. The molecule has 0 heterocycles. The van der Waals surface area contributed by atoms with E-state index in [-0.39, 0.29) is 17.8 Å². The van der Waals surface area contributed by atoms with Gasteiger partial charge in [0.05, 0.1) is 0 Å². The lowest BCUT2D eigenvalue weighted by Crippen LogP contribution is -2.29. The zero-order chi connectivity index (χ0) is 11.3. The second-order valence-corrected chi connectivity index (χ2v) is 4.59. The Morgan fingerprint density at radius 1 is 1.33 bits per heavy atom. The molecular weight excluding hydrogens is 188 g/mol. The third-order valence-electron chi connectivity index (χ3n) is 2.98. The third-order valence-corrected chi connectivity index (χ3v) is 2.98. The average Bonchev–Trinajstić information content (AvgIpc) is 2.45. The summed E-state index contributed by atoms with van der Waals surface area (Å²) in [5, 5.41) is 0. The van der Waals surface area contributed by atoms with Crippen molar-refractivity contribution in [2.24, 2.45) is 5.92 Å². The van der Waals surface area contributed by atoms with Crippen LogP contribution in [0.1, 0.15) is 46.0 Å². The minimum absolute atomic E-state index is 0.203. The zero-order valence-corrected chi connectivity index (χ0v) is 10.1. The van der Waals surface area contributed by atoms with E-state index in [1.54, 1.807) is 7.11 Å². The number of ketones is 1. The van der Waals surface area contributed by atoms with Gasteiger partial charge in [-0.25, -0.2) is 0 Å².